The Kier molecular flexibility index (Phi) is 7.02. The Hall–Kier alpha value is -6.00. The van der Waals surface area contributed by atoms with Gasteiger partial charge in [0.05, 0.1) is 21.5 Å². The largest absolute Gasteiger partial charge is 0.502 e. The second-order valence-corrected chi connectivity index (χ2v) is 10.3. The highest BCUT2D eigenvalue weighted by Crippen LogP contribution is 2.27. The van der Waals surface area contributed by atoms with Gasteiger partial charge in [-0.1, -0.05) is 65.9 Å². The van der Waals surface area contributed by atoms with Crippen molar-refractivity contribution in [2.45, 2.75) is 13.8 Å². The van der Waals surface area contributed by atoms with E-state index in [1.807, 2.05) is 37.3 Å². The van der Waals surface area contributed by atoms with E-state index in [2.05, 4.69) is 49.1 Å². The van der Waals surface area contributed by atoms with Crippen molar-refractivity contribution in [2.24, 2.45) is 0 Å². The van der Waals surface area contributed by atoms with Gasteiger partial charge in [0, 0.05) is 17.2 Å². The molecule has 0 bridgehead atoms. The van der Waals surface area contributed by atoms with E-state index in [-0.39, 0.29) is 5.56 Å². The van der Waals surface area contributed by atoms with Crippen molar-refractivity contribution in [2.75, 3.05) is 0 Å². The third kappa shape index (κ3) is 5.50. The summed E-state index contributed by atoms with van der Waals surface area (Å²) in [7, 11) is 0. The Labute approximate surface area is 247 Å². The van der Waals surface area contributed by atoms with E-state index in [0.29, 0.717) is 28.0 Å². The standard InChI is InChI=1S/C36H25N3O4/c1-23-7-14-29-21-26(10-15-28(29)19-23)9-8-25-11-16-32(24(2)20-25)38-35(37-31-6-4-3-5-30(31)36(38)41)18-13-27-12-17-34(40)33(22-27)39(42)43/h3-7,10-22,40H,1-2H3/b18-13+. The van der Waals surface area contributed by atoms with E-state index in [0.717, 1.165) is 22.1 Å². The minimum atomic E-state index is -0.647. The van der Waals surface area contributed by atoms with Crippen LogP contribution < -0.4 is 5.56 Å². The zero-order valence-corrected chi connectivity index (χ0v) is 23.4. The number of nitrogens with zero attached hydrogens (tertiary/aromatic N) is 3. The van der Waals surface area contributed by atoms with Gasteiger partial charge in [-0.3, -0.25) is 19.5 Å². The molecule has 5 aromatic carbocycles. The molecule has 1 N–H and O–H groups in total. The van der Waals surface area contributed by atoms with Crippen molar-refractivity contribution < 1.29 is 10.0 Å². The summed E-state index contributed by atoms with van der Waals surface area (Å²) in [6.07, 6.45) is 3.26. The van der Waals surface area contributed by atoms with E-state index < -0.39 is 16.4 Å². The molecule has 1 aromatic heterocycles. The molecule has 0 aliphatic heterocycles. The van der Waals surface area contributed by atoms with Crippen LogP contribution in [0.25, 0.3) is 39.5 Å². The van der Waals surface area contributed by atoms with Crippen LogP contribution in [0.2, 0.25) is 0 Å². The Morgan fingerprint density at radius 1 is 0.837 bits per heavy atom. The van der Waals surface area contributed by atoms with Gasteiger partial charge in [-0.05, 0) is 90.4 Å². The van der Waals surface area contributed by atoms with Crippen molar-refractivity contribution >= 4 is 39.5 Å². The number of hydrogen-bond donors (Lipinski definition) is 1. The van der Waals surface area contributed by atoms with Crippen molar-refractivity contribution in [3.63, 3.8) is 0 Å². The third-order valence-electron chi connectivity index (χ3n) is 7.21. The fourth-order valence-electron chi connectivity index (χ4n) is 5.03. The van der Waals surface area contributed by atoms with Crippen LogP contribution in [-0.4, -0.2) is 19.6 Å². The molecule has 0 radical (unpaired) electrons. The monoisotopic (exact) mass is 563 g/mol. The smallest absolute Gasteiger partial charge is 0.311 e. The molecule has 7 heteroatoms. The molecule has 43 heavy (non-hydrogen) atoms. The molecule has 6 rings (SSSR count). The van der Waals surface area contributed by atoms with Crippen LogP contribution in [0.3, 0.4) is 0 Å². The number of para-hydroxylation sites is 1. The molecule has 0 unspecified atom stereocenters. The van der Waals surface area contributed by atoms with Crippen molar-refractivity contribution in [3.8, 4) is 23.3 Å². The summed E-state index contributed by atoms with van der Waals surface area (Å²) < 4.78 is 1.53. The molecule has 0 aliphatic carbocycles. The predicted molar refractivity (Wildman–Crippen MR) is 170 cm³/mol. The molecule has 6 aromatic rings. The number of aryl methyl sites for hydroxylation is 2. The highest BCUT2D eigenvalue weighted by Gasteiger charge is 2.15. The Morgan fingerprint density at radius 2 is 1.56 bits per heavy atom. The lowest BCUT2D eigenvalue weighted by molar-refractivity contribution is -0.385. The lowest BCUT2D eigenvalue weighted by atomic mass is 10.0. The van der Waals surface area contributed by atoms with E-state index in [9.17, 15) is 20.0 Å². The topological polar surface area (TPSA) is 98.3 Å². The summed E-state index contributed by atoms with van der Waals surface area (Å²) in [5.74, 6) is 6.42. The van der Waals surface area contributed by atoms with Gasteiger partial charge >= 0.3 is 5.69 Å². The molecule has 0 aliphatic rings. The molecule has 7 nitrogen and oxygen atoms in total. The zero-order chi connectivity index (χ0) is 30.1. The lowest BCUT2D eigenvalue weighted by Crippen LogP contribution is -2.23. The number of benzene rings is 5. The van der Waals surface area contributed by atoms with Gasteiger partial charge in [0.25, 0.3) is 5.56 Å². The van der Waals surface area contributed by atoms with Gasteiger partial charge in [-0.15, -0.1) is 0 Å². The van der Waals surface area contributed by atoms with Gasteiger partial charge in [0.15, 0.2) is 5.75 Å². The number of rotatable bonds is 4. The average Bonchev–Trinajstić information content (AvgIpc) is 3.00. The molecule has 0 amide bonds. The second kappa shape index (κ2) is 11.1. The van der Waals surface area contributed by atoms with Crippen molar-refractivity contribution in [1.29, 1.82) is 0 Å². The molecule has 0 saturated carbocycles. The number of aromatic hydroxyl groups is 1. The summed E-state index contributed by atoms with van der Waals surface area (Å²) in [5, 5.41) is 23.9. The maximum Gasteiger partial charge on any atom is 0.311 e. The second-order valence-electron chi connectivity index (χ2n) is 10.3. The van der Waals surface area contributed by atoms with Crippen LogP contribution >= 0.6 is 0 Å². The van der Waals surface area contributed by atoms with E-state index in [1.54, 1.807) is 36.4 Å². The number of fused-ring (bicyclic) bond motifs is 2. The van der Waals surface area contributed by atoms with Crippen molar-refractivity contribution in [3.05, 3.63) is 151 Å². The van der Waals surface area contributed by atoms with Crippen molar-refractivity contribution in [1.82, 2.24) is 9.55 Å². The van der Waals surface area contributed by atoms with Crippen LogP contribution in [0.1, 0.15) is 33.6 Å². The summed E-state index contributed by atoms with van der Waals surface area (Å²) in [6, 6.07) is 29.3. The Balaban J connectivity index is 1.40. The molecule has 208 valence electrons. The number of hydrogen-bond acceptors (Lipinski definition) is 5. The van der Waals surface area contributed by atoms with Gasteiger partial charge in [0.1, 0.15) is 5.82 Å². The Morgan fingerprint density at radius 3 is 2.35 bits per heavy atom. The zero-order valence-electron chi connectivity index (χ0n) is 23.4. The average molecular weight is 564 g/mol. The third-order valence-corrected chi connectivity index (χ3v) is 7.21. The van der Waals surface area contributed by atoms with Crippen LogP contribution in [0.5, 0.6) is 5.75 Å². The van der Waals surface area contributed by atoms with Gasteiger partial charge in [-0.25, -0.2) is 4.98 Å². The highest BCUT2D eigenvalue weighted by molar-refractivity contribution is 5.84. The first-order valence-corrected chi connectivity index (χ1v) is 13.6. The fraction of sp³-hybridized carbons (Fsp3) is 0.0556. The van der Waals surface area contributed by atoms with Gasteiger partial charge in [0.2, 0.25) is 0 Å². The number of phenolic OH excluding ortho intramolecular Hbond substituents is 1. The molecule has 0 fully saturated rings. The minimum Gasteiger partial charge on any atom is -0.502 e. The fourth-order valence-corrected chi connectivity index (χ4v) is 5.03. The molecule has 0 saturated heterocycles. The van der Waals surface area contributed by atoms with E-state index in [4.69, 9.17) is 4.98 Å². The summed E-state index contributed by atoms with van der Waals surface area (Å²) >= 11 is 0. The Bertz CT molecular complexity index is 2240. The van der Waals surface area contributed by atoms with E-state index >= 15 is 0 Å². The lowest BCUT2D eigenvalue weighted by Gasteiger charge is -2.14. The molecular formula is C36H25N3O4. The maximum absolute atomic E-state index is 13.8. The number of nitro groups is 1. The molecule has 0 atom stereocenters. The summed E-state index contributed by atoms with van der Waals surface area (Å²) in [4.78, 5) is 29.1. The molecule has 1 heterocycles. The minimum absolute atomic E-state index is 0.240. The maximum atomic E-state index is 13.8. The normalized spacial score (nSPS) is 11.1. The molecular weight excluding hydrogens is 538 g/mol. The van der Waals surface area contributed by atoms with Gasteiger partial charge < -0.3 is 5.11 Å². The van der Waals surface area contributed by atoms with Crippen LogP contribution in [0.15, 0.2) is 102 Å². The van der Waals surface area contributed by atoms with E-state index in [1.165, 1.54) is 27.6 Å². The predicted octanol–water partition coefficient (Wildman–Crippen LogP) is 7.34. The first kappa shape index (κ1) is 27.2. The number of nitro benzene ring substituents is 1. The van der Waals surface area contributed by atoms with Crippen LogP contribution in [0, 0.1) is 35.8 Å². The van der Waals surface area contributed by atoms with Crippen LogP contribution in [-0.2, 0) is 0 Å². The van der Waals surface area contributed by atoms with Crippen LogP contribution in [0.4, 0.5) is 5.69 Å². The highest BCUT2D eigenvalue weighted by atomic mass is 16.6. The van der Waals surface area contributed by atoms with Gasteiger partial charge in [-0.2, -0.15) is 0 Å². The number of aromatic nitrogens is 2. The summed E-state index contributed by atoms with van der Waals surface area (Å²) in [5.41, 5.74) is 4.77. The quantitative estimate of drug-likeness (QED) is 0.137. The number of phenols is 1. The summed E-state index contributed by atoms with van der Waals surface area (Å²) in [6.45, 7) is 3.99. The first-order valence-electron chi connectivity index (χ1n) is 13.6. The SMILES string of the molecule is Cc1ccc2cc(C#Cc3ccc(-n4c(/C=C/c5ccc(O)c([N+](=O)[O-])c5)nc5ccccc5c4=O)c(C)c3)ccc2c1. The first-order chi connectivity index (χ1) is 20.8. The molecule has 0 spiro atoms.